The number of aromatic amines is 1. The van der Waals surface area contributed by atoms with E-state index < -0.39 is 28.4 Å². The minimum atomic E-state index is -4.12. The molecular weight excluding hydrogens is 372 g/mol. The van der Waals surface area contributed by atoms with Crippen molar-refractivity contribution in [3.05, 3.63) is 40.8 Å². The standard InChI is InChI=1S/C17H22N4O5S/c1-5-26-17(23)15-11(3)20-12(4)16(15)27(24,25)18-9-14(22)21-13-8-6-7-10(2)19-13/h6-8,18,20H,5,9H2,1-4H3,(H,19,21,22). The fraction of sp³-hybridized carbons (Fsp3) is 0.353. The third kappa shape index (κ3) is 4.92. The van der Waals surface area contributed by atoms with Gasteiger partial charge >= 0.3 is 5.97 Å². The van der Waals surface area contributed by atoms with Gasteiger partial charge in [-0.3, -0.25) is 4.79 Å². The van der Waals surface area contributed by atoms with Gasteiger partial charge in [-0.05, 0) is 39.8 Å². The molecule has 0 aliphatic carbocycles. The number of aryl methyl sites for hydroxylation is 3. The predicted molar refractivity (Wildman–Crippen MR) is 99.0 cm³/mol. The average molecular weight is 394 g/mol. The first kappa shape index (κ1) is 20.6. The first-order valence-electron chi connectivity index (χ1n) is 8.25. The van der Waals surface area contributed by atoms with Crippen molar-refractivity contribution in [2.24, 2.45) is 0 Å². The van der Waals surface area contributed by atoms with Gasteiger partial charge in [0.05, 0.1) is 13.2 Å². The Balaban J connectivity index is 2.17. The third-order valence-corrected chi connectivity index (χ3v) is 5.22. The Kier molecular flexibility index (Phi) is 6.34. The molecule has 0 aliphatic rings. The zero-order valence-electron chi connectivity index (χ0n) is 15.5. The number of hydrogen-bond acceptors (Lipinski definition) is 6. The van der Waals surface area contributed by atoms with Gasteiger partial charge in [0.1, 0.15) is 16.3 Å². The molecule has 1 amide bonds. The van der Waals surface area contributed by atoms with Crippen molar-refractivity contribution >= 4 is 27.7 Å². The maximum absolute atomic E-state index is 12.7. The quantitative estimate of drug-likeness (QED) is 0.609. The molecule has 146 valence electrons. The van der Waals surface area contributed by atoms with Crippen molar-refractivity contribution in [1.82, 2.24) is 14.7 Å². The Morgan fingerprint density at radius 1 is 1.19 bits per heavy atom. The molecule has 2 aromatic heterocycles. The molecule has 2 aromatic rings. The number of nitrogens with zero attached hydrogens (tertiary/aromatic N) is 1. The molecule has 0 unspecified atom stereocenters. The summed E-state index contributed by atoms with van der Waals surface area (Å²) in [6, 6.07) is 5.09. The zero-order chi connectivity index (χ0) is 20.2. The lowest BCUT2D eigenvalue weighted by atomic mass is 10.2. The number of amides is 1. The summed E-state index contributed by atoms with van der Waals surface area (Å²) < 4.78 is 32.5. The second-order valence-corrected chi connectivity index (χ2v) is 7.54. The second-order valence-electron chi connectivity index (χ2n) is 5.84. The zero-order valence-corrected chi connectivity index (χ0v) is 16.4. The predicted octanol–water partition coefficient (Wildman–Crippen LogP) is 1.43. The summed E-state index contributed by atoms with van der Waals surface area (Å²) in [6.45, 7) is 6.11. The first-order valence-corrected chi connectivity index (χ1v) is 9.73. The first-order chi connectivity index (χ1) is 12.7. The van der Waals surface area contributed by atoms with Gasteiger partial charge in [0.15, 0.2) is 0 Å². The van der Waals surface area contributed by atoms with Gasteiger partial charge in [-0.25, -0.2) is 22.9 Å². The Hall–Kier alpha value is -2.72. The average Bonchev–Trinajstić information content (AvgIpc) is 2.88. The van der Waals surface area contributed by atoms with Gasteiger partial charge in [0.25, 0.3) is 0 Å². The molecule has 2 heterocycles. The third-order valence-electron chi connectivity index (χ3n) is 3.64. The normalized spacial score (nSPS) is 11.3. The Bertz CT molecular complexity index is 966. The monoisotopic (exact) mass is 394 g/mol. The highest BCUT2D eigenvalue weighted by Crippen LogP contribution is 2.24. The van der Waals surface area contributed by atoms with E-state index in [1.54, 1.807) is 39.0 Å². The van der Waals surface area contributed by atoms with Crippen LogP contribution in [0.25, 0.3) is 0 Å². The van der Waals surface area contributed by atoms with Crippen molar-refractivity contribution in [1.29, 1.82) is 0 Å². The van der Waals surface area contributed by atoms with Crippen LogP contribution in [0.2, 0.25) is 0 Å². The summed E-state index contributed by atoms with van der Waals surface area (Å²) in [6.07, 6.45) is 0. The number of pyridine rings is 1. The van der Waals surface area contributed by atoms with Crippen molar-refractivity contribution < 1.29 is 22.7 Å². The van der Waals surface area contributed by atoms with Crippen LogP contribution in [0.15, 0.2) is 23.1 Å². The number of rotatable bonds is 7. The summed E-state index contributed by atoms with van der Waals surface area (Å²) in [4.78, 5) is 30.9. The number of hydrogen-bond donors (Lipinski definition) is 3. The van der Waals surface area contributed by atoms with Crippen LogP contribution >= 0.6 is 0 Å². The molecule has 0 aliphatic heterocycles. The molecular formula is C17H22N4O5S. The van der Waals surface area contributed by atoms with Crippen molar-refractivity contribution in [3.8, 4) is 0 Å². The Morgan fingerprint density at radius 2 is 1.89 bits per heavy atom. The molecule has 3 N–H and O–H groups in total. The van der Waals surface area contributed by atoms with E-state index in [1.807, 2.05) is 0 Å². The minimum absolute atomic E-state index is 0.0670. The van der Waals surface area contributed by atoms with Crippen molar-refractivity contribution in [3.63, 3.8) is 0 Å². The lowest BCUT2D eigenvalue weighted by Crippen LogP contribution is -2.34. The maximum Gasteiger partial charge on any atom is 0.341 e. The molecule has 0 saturated carbocycles. The number of nitrogens with one attached hydrogen (secondary N) is 3. The summed E-state index contributed by atoms with van der Waals surface area (Å²) in [5.74, 6) is -1.01. The van der Waals surface area contributed by atoms with E-state index in [0.29, 0.717) is 17.2 Å². The number of sulfonamides is 1. The topological polar surface area (TPSA) is 130 Å². The molecule has 9 nitrogen and oxygen atoms in total. The van der Waals surface area contributed by atoms with Crippen molar-refractivity contribution in [2.45, 2.75) is 32.6 Å². The summed E-state index contributed by atoms with van der Waals surface area (Å²) in [7, 11) is -4.12. The maximum atomic E-state index is 12.7. The van der Waals surface area contributed by atoms with Crippen LogP contribution in [0.3, 0.4) is 0 Å². The van der Waals surface area contributed by atoms with E-state index in [9.17, 15) is 18.0 Å². The molecule has 0 aromatic carbocycles. The van der Waals surface area contributed by atoms with Crippen LogP contribution in [0.5, 0.6) is 0 Å². The number of esters is 1. The highest BCUT2D eigenvalue weighted by atomic mass is 32.2. The highest BCUT2D eigenvalue weighted by Gasteiger charge is 2.30. The molecule has 0 saturated heterocycles. The van der Waals surface area contributed by atoms with Crippen molar-refractivity contribution in [2.75, 3.05) is 18.5 Å². The number of carbonyl (C=O) groups is 2. The SMILES string of the molecule is CCOC(=O)c1c(C)[nH]c(C)c1S(=O)(=O)NCC(=O)Nc1cccc(C)n1. The van der Waals surface area contributed by atoms with E-state index in [4.69, 9.17) is 4.74 Å². The number of anilines is 1. The molecule has 0 radical (unpaired) electrons. The van der Waals surface area contributed by atoms with Gasteiger partial charge in [0, 0.05) is 17.1 Å². The molecule has 0 bridgehead atoms. The second kappa shape index (κ2) is 8.31. The lowest BCUT2D eigenvalue weighted by molar-refractivity contribution is -0.115. The van der Waals surface area contributed by atoms with Crippen LogP contribution in [-0.4, -0.2) is 43.4 Å². The van der Waals surface area contributed by atoms with Crippen LogP contribution < -0.4 is 10.0 Å². The molecule has 0 fully saturated rings. The van der Waals surface area contributed by atoms with E-state index in [0.717, 1.165) is 0 Å². The van der Waals surface area contributed by atoms with E-state index in [2.05, 4.69) is 20.0 Å². The summed E-state index contributed by atoms with van der Waals surface area (Å²) >= 11 is 0. The Labute approximate surface area is 157 Å². The minimum Gasteiger partial charge on any atom is -0.462 e. The van der Waals surface area contributed by atoms with Crippen LogP contribution in [0, 0.1) is 20.8 Å². The fourth-order valence-corrected chi connectivity index (χ4v) is 4.00. The van der Waals surface area contributed by atoms with E-state index in [-0.39, 0.29) is 22.8 Å². The number of H-pyrrole nitrogens is 1. The van der Waals surface area contributed by atoms with Crippen LogP contribution in [0.1, 0.15) is 34.4 Å². The summed E-state index contributed by atoms with van der Waals surface area (Å²) in [5.41, 5.74) is 1.30. The van der Waals surface area contributed by atoms with Gasteiger partial charge in [-0.2, -0.15) is 0 Å². The van der Waals surface area contributed by atoms with Gasteiger partial charge in [-0.15, -0.1) is 0 Å². The smallest absolute Gasteiger partial charge is 0.341 e. The lowest BCUT2D eigenvalue weighted by Gasteiger charge is -2.10. The van der Waals surface area contributed by atoms with Gasteiger partial charge < -0.3 is 15.0 Å². The van der Waals surface area contributed by atoms with Crippen LogP contribution in [-0.2, 0) is 19.6 Å². The van der Waals surface area contributed by atoms with E-state index in [1.165, 1.54) is 6.92 Å². The molecule has 0 atom stereocenters. The fourth-order valence-electron chi connectivity index (χ4n) is 2.58. The van der Waals surface area contributed by atoms with Crippen LogP contribution in [0.4, 0.5) is 5.82 Å². The van der Waals surface area contributed by atoms with Gasteiger partial charge in [0.2, 0.25) is 15.9 Å². The highest BCUT2D eigenvalue weighted by molar-refractivity contribution is 7.89. The van der Waals surface area contributed by atoms with E-state index >= 15 is 0 Å². The largest absolute Gasteiger partial charge is 0.462 e. The Morgan fingerprint density at radius 3 is 2.52 bits per heavy atom. The van der Waals surface area contributed by atoms with Gasteiger partial charge in [-0.1, -0.05) is 6.07 Å². The molecule has 27 heavy (non-hydrogen) atoms. The number of ether oxygens (including phenoxy) is 1. The summed E-state index contributed by atoms with van der Waals surface area (Å²) in [5, 5.41) is 2.51. The molecule has 2 rings (SSSR count). The number of carbonyl (C=O) groups excluding carboxylic acids is 2. The molecule has 0 spiro atoms. The number of aromatic nitrogens is 2. The molecule has 10 heteroatoms.